The molecule has 0 heterocycles. The minimum Gasteiger partial charge on any atom is -0.346 e. The molecular weight excluding hydrogens is 327 g/mol. The molecule has 2 rings (SSSR count). The Morgan fingerprint density at radius 2 is 1.75 bits per heavy atom. The maximum atomic E-state index is 12.8. The first-order valence-electron chi connectivity index (χ1n) is 7.61. The van der Waals surface area contributed by atoms with Crippen molar-refractivity contribution in [3.63, 3.8) is 0 Å². The van der Waals surface area contributed by atoms with Gasteiger partial charge in [-0.1, -0.05) is 25.1 Å². The molecule has 0 saturated heterocycles. The Bertz CT molecular complexity index is 704. The number of amides is 2. The molecule has 0 saturated carbocycles. The highest BCUT2D eigenvalue weighted by Crippen LogP contribution is 2.17. The van der Waals surface area contributed by atoms with Gasteiger partial charge in [-0.25, -0.2) is 4.39 Å². The number of hydrogen-bond acceptors (Lipinski definition) is 3. The molecule has 2 aromatic rings. The number of rotatable bonds is 7. The van der Waals surface area contributed by atoms with E-state index in [1.807, 2.05) is 31.2 Å². The fourth-order valence-corrected chi connectivity index (χ4v) is 2.78. The van der Waals surface area contributed by atoms with Crippen LogP contribution in [0.3, 0.4) is 0 Å². The van der Waals surface area contributed by atoms with E-state index >= 15 is 0 Å². The molecule has 0 bridgehead atoms. The molecule has 0 aliphatic carbocycles. The highest BCUT2D eigenvalue weighted by atomic mass is 32.2. The number of aryl methyl sites for hydroxylation is 1. The van der Waals surface area contributed by atoms with Crippen molar-refractivity contribution in [2.45, 2.75) is 18.2 Å². The summed E-state index contributed by atoms with van der Waals surface area (Å²) in [5.41, 5.74) is 1.81. The molecule has 0 aliphatic heterocycles. The summed E-state index contributed by atoms with van der Waals surface area (Å²) in [6, 6.07) is 13.5. The van der Waals surface area contributed by atoms with Gasteiger partial charge in [0, 0.05) is 10.6 Å². The number of thioether (sulfide) groups is 1. The minimum atomic E-state index is -0.312. The second-order valence-electron chi connectivity index (χ2n) is 5.08. The molecule has 2 N–H and O–H groups in total. The van der Waals surface area contributed by atoms with Gasteiger partial charge < -0.3 is 10.6 Å². The highest BCUT2D eigenvalue weighted by Gasteiger charge is 2.08. The van der Waals surface area contributed by atoms with Crippen LogP contribution in [0.15, 0.2) is 53.4 Å². The van der Waals surface area contributed by atoms with Crippen molar-refractivity contribution in [3.05, 3.63) is 59.9 Å². The minimum absolute atomic E-state index is 0.0825. The number of anilines is 1. The number of nitrogens with one attached hydrogen (secondary N) is 2. The molecule has 2 aromatic carbocycles. The lowest BCUT2D eigenvalue weighted by atomic mass is 10.1. The second kappa shape index (κ2) is 9.08. The zero-order chi connectivity index (χ0) is 17.4. The standard InChI is InChI=1S/C18H19FN2O2S/c1-2-13-5-3-4-6-16(13)21-17(22)11-20-18(23)12-24-15-9-7-14(19)8-10-15/h3-10H,2,11-12H2,1H3,(H,20,23)(H,21,22). The third-order valence-electron chi connectivity index (χ3n) is 3.30. The summed E-state index contributed by atoms with van der Waals surface area (Å²) in [7, 11) is 0. The predicted molar refractivity (Wildman–Crippen MR) is 94.6 cm³/mol. The number of carbonyl (C=O) groups excluding carboxylic acids is 2. The summed E-state index contributed by atoms with van der Waals surface area (Å²) in [6.07, 6.45) is 0.817. The Morgan fingerprint density at radius 3 is 2.46 bits per heavy atom. The molecule has 4 nitrogen and oxygen atoms in total. The summed E-state index contributed by atoms with van der Waals surface area (Å²) < 4.78 is 12.8. The van der Waals surface area contributed by atoms with E-state index in [0.717, 1.165) is 22.6 Å². The zero-order valence-electron chi connectivity index (χ0n) is 13.3. The van der Waals surface area contributed by atoms with Gasteiger partial charge in [0.05, 0.1) is 12.3 Å². The van der Waals surface area contributed by atoms with Crippen LogP contribution in [0, 0.1) is 5.82 Å². The Hall–Kier alpha value is -2.34. The molecule has 0 aliphatic rings. The van der Waals surface area contributed by atoms with E-state index in [9.17, 15) is 14.0 Å². The summed E-state index contributed by atoms with van der Waals surface area (Å²) in [5.74, 6) is -0.656. The largest absolute Gasteiger partial charge is 0.346 e. The van der Waals surface area contributed by atoms with Gasteiger partial charge >= 0.3 is 0 Å². The third kappa shape index (κ3) is 5.70. The molecule has 2 amide bonds. The van der Waals surface area contributed by atoms with E-state index < -0.39 is 0 Å². The van der Waals surface area contributed by atoms with Crippen LogP contribution in [-0.2, 0) is 16.0 Å². The van der Waals surface area contributed by atoms with Crippen LogP contribution in [0.5, 0.6) is 0 Å². The van der Waals surface area contributed by atoms with Crippen LogP contribution < -0.4 is 10.6 Å². The Labute approximate surface area is 144 Å². The Balaban J connectivity index is 1.74. The van der Waals surface area contributed by atoms with Crippen LogP contribution in [0.1, 0.15) is 12.5 Å². The number of para-hydroxylation sites is 1. The Kier molecular flexibility index (Phi) is 6.81. The maximum Gasteiger partial charge on any atom is 0.243 e. The van der Waals surface area contributed by atoms with Crippen LogP contribution >= 0.6 is 11.8 Å². The lowest BCUT2D eigenvalue weighted by Gasteiger charge is -2.10. The van der Waals surface area contributed by atoms with Crippen molar-refractivity contribution in [2.24, 2.45) is 0 Å². The highest BCUT2D eigenvalue weighted by molar-refractivity contribution is 8.00. The van der Waals surface area contributed by atoms with Gasteiger partial charge in [0.1, 0.15) is 5.82 Å². The monoisotopic (exact) mass is 346 g/mol. The van der Waals surface area contributed by atoms with E-state index in [4.69, 9.17) is 0 Å². The molecule has 0 fully saturated rings. The average molecular weight is 346 g/mol. The topological polar surface area (TPSA) is 58.2 Å². The lowest BCUT2D eigenvalue weighted by molar-refractivity contribution is -0.122. The second-order valence-corrected chi connectivity index (χ2v) is 6.13. The maximum absolute atomic E-state index is 12.8. The molecule has 0 aromatic heterocycles. The van der Waals surface area contributed by atoms with Gasteiger partial charge in [0.2, 0.25) is 11.8 Å². The van der Waals surface area contributed by atoms with E-state index in [-0.39, 0.29) is 29.9 Å². The molecule has 24 heavy (non-hydrogen) atoms. The van der Waals surface area contributed by atoms with Crippen molar-refractivity contribution in [1.29, 1.82) is 0 Å². The summed E-state index contributed by atoms with van der Waals surface area (Å²) in [6.45, 7) is 1.93. The van der Waals surface area contributed by atoms with Gasteiger partial charge in [-0.05, 0) is 42.3 Å². The summed E-state index contributed by atoms with van der Waals surface area (Å²) in [5, 5.41) is 5.37. The molecule has 0 unspecified atom stereocenters. The predicted octanol–water partition coefficient (Wildman–Crippen LogP) is 3.24. The third-order valence-corrected chi connectivity index (χ3v) is 4.31. The van der Waals surface area contributed by atoms with Crippen LogP contribution in [0.25, 0.3) is 0 Å². The number of carbonyl (C=O) groups is 2. The van der Waals surface area contributed by atoms with Crippen molar-refractivity contribution in [1.82, 2.24) is 5.32 Å². The Morgan fingerprint density at radius 1 is 1.04 bits per heavy atom. The van der Waals surface area contributed by atoms with E-state index in [0.29, 0.717) is 0 Å². The quantitative estimate of drug-likeness (QED) is 0.757. The fourth-order valence-electron chi connectivity index (χ4n) is 2.05. The molecule has 6 heteroatoms. The van der Waals surface area contributed by atoms with Gasteiger partial charge in [0.25, 0.3) is 0 Å². The van der Waals surface area contributed by atoms with Crippen molar-refractivity contribution >= 4 is 29.3 Å². The fraction of sp³-hybridized carbons (Fsp3) is 0.222. The van der Waals surface area contributed by atoms with Crippen LogP contribution in [0.4, 0.5) is 10.1 Å². The molecular formula is C18H19FN2O2S. The van der Waals surface area contributed by atoms with E-state index in [1.165, 1.54) is 23.9 Å². The van der Waals surface area contributed by atoms with E-state index in [1.54, 1.807) is 12.1 Å². The number of hydrogen-bond donors (Lipinski definition) is 2. The smallest absolute Gasteiger partial charge is 0.243 e. The van der Waals surface area contributed by atoms with Gasteiger partial charge in [0.15, 0.2) is 0 Å². The van der Waals surface area contributed by atoms with Gasteiger partial charge in [-0.15, -0.1) is 11.8 Å². The van der Waals surface area contributed by atoms with Crippen LogP contribution in [0.2, 0.25) is 0 Å². The average Bonchev–Trinajstić information content (AvgIpc) is 2.60. The van der Waals surface area contributed by atoms with Crippen molar-refractivity contribution in [2.75, 3.05) is 17.6 Å². The SMILES string of the molecule is CCc1ccccc1NC(=O)CNC(=O)CSc1ccc(F)cc1. The van der Waals surface area contributed by atoms with Crippen molar-refractivity contribution < 1.29 is 14.0 Å². The number of benzene rings is 2. The van der Waals surface area contributed by atoms with Gasteiger partial charge in [-0.3, -0.25) is 9.59 Å². The number of halogens is 1. The first-order valence-corrected chi connectivity index (χ1v) is 8.60. The summed E-state index contributed by atoms with van der Waals surface area (Å²) in [4.78, 5) is 24.5. The lowest BCUT2D eigenvalue weighted by Crippen LogP contribution is -2.34. The molecule has 126 valence electrons. The summed E-state index contributed by atoms with van der Waals surface area (Å²) >= 11 is 1.29. The molecule has 0 spiro atoms. The zero-order valence-corrected chi connectivity index (χ0v) is 14.2. The van der Waals surface area contributed by atoms with Gasteiger partial charge in [-0.2, -0.15) is 0 Å². The molecule has 0 radical (unpaired) electrons. The van der Waals surface area contributed by atoms with Crippen LogP contribution in [-0.4, -0.2) is 24.1 Å². The first kappa shape index (κ1) is 18.0. The first-order chi connectivity index (χ1) is 11.6. The molecule has 0 atom stereocenters. The van der Waals surface area contributed by atoms with Crippen molar-refractivity contribution in [3.8, 4) is 0 Å². The van der Waals surface area contributed by atoms with E-state index in [2.05, 4.69) is 10.6 Å². The normalized spacial score (nSPS) is 10.2.